The van der Waals surface area contributed by atoms with E-state index in [0.29, 0.717) is 12.7 Å². The van der Waals surface area contributed by atoms with E-state index in [1.807, 2.05) is 13.8 Å². The van der Waals surface area contributed by atoms with Crippen molar-refractivity contribution in [1.29, 1.82) is 0 Å². The van der Waals surface area contributed by atoms with E-state index in [4.69, 9.17) is 9.73 Å². The van der Waals surface area contributed by atoms with Crippen molar-refractivity contribution in [1.82, 2.24) is 5.32 Å². The Hall–Kier alpha value is -2.12. The van der Waals surface area contributed by atoms with Crippen LogP contribution in [0.3, 0.4) is 0 Å². The Morgan fingerprint density at radius 2 is 1.77 bits per heavy atom. The van der Waals surface area contributed by atoms with Crippen molar-refractivity contribution in [2.75, 3.05) is 13.7 Å². The maximum Gasteiger partial charge on any atom is 0.124 e. The van der Waals surface area contributed by atoms with E-state index in [2.05, 4.69) is 63.2 Å². The zero-order valence-corrected chi connectivity index (χ0v) is 20.3. The molecule has 1 N–H and O–H groups in total. The Kier molecular flexibility index (Phi) is 20.2. The molecule has 0 unspecified atom stereocenters. The first-order chi connectivity index (χ1) is 14.4. The molecule has 4 nitrogen and oxygen atoms in total. The minimum absolute atomic E-state index is 0.187. The van der Waals surface area contributed by atoms with Crippen molar-refractivity contribution in [3.05, 3.63) is 36.5 Å². The summed E-state index contributed by atoms with van der Waals surface area (Å²) in [5.41, 5.74) is 2.46. The summed E-state index contributed by atoms with van der Waals surface area (Å²) in [5, 5.41) is 3.50. The predicted octanol–water partition coefficient (Wildman–Crippen LogP) is 6.16. The first kappa shape index (κ1) is 30.1. The molecule has 0 aromatic heterocycles. The van der Waals surface area contributed by atoms with Gasteiger partial charge in [-0.15, -0.1) is 19.4 Å². The van der Waals surface area contributed by atoms with E-state index in [9.17, 15) is 0 Å². The molecule has 1 aliphatic heterocycles. The molecule has 0 aromatic carbocycles. The van der Waals surface area contributed by atoms with Gasteiger partial charge < -0.3 is 15.0 Å². The normalized spacial score (nSPS) is 20.9. The summed E-state index contributed by atoms with van der Waals surface area (Å²) in [7, 11) is 1.75. The van der Waals surface area contributed by atoms with Gasteiger partial charge in [0.15, 0.2) is 0 Å². The number of ether oxygens (including phenoxy) is 1. The van der Waals surface area contributed by atoms with Crippen LogP contribution in [-0.2, 0) is 4.74 Å². The van der Waals surface area contributed by atoms with Gasteiger partial charge in [0.2, 0.25) is 0 Å². The van der Waals surface area contributed by atoms with Crippen LogP contribution in [0, 0.1) is 12.8 Å². The third-order valence-electron chi connectivity index (χ3n) is 4.72. The van der Waals surface area contributed by atoms with Gasteiger partial charge in [-0.3, -0.25) is 4.99 Å². The van der Waals surface area contributed by atoms with Crippen molar-refractivity contribution < 1.29 is 4.74 Å². The molecule has 0 aromatic rings. The van der Waals surface area contributed by atoms with Crippen molar-refractivity contribution in [3.63, 3.8) is 0 Å². The lowest BCUT2D eigenvalue weighted by molar-refractivity contribution is 0.0520. The maximum absolute atomic E-state index is 6.04. The topological polar surface area (TPSA) is 46.0 Å². The number of allylic oxidation sites excluding steroid dienone is 2. The van der Waals surface area contributed by atoms with Gasteiger partial charge in [0, 0.05) is 7.05 Å². The lowest BCUT2D eigenvalue weighted by Gasteiger charge is -2.22. The van der Waals surface area contributed by atoms with E-state index in [1.165, 1.54) is 37.7 Å². The number of amidine groups is 1. The van der Waals surface area contributed by atoms with Crippen LogP contribution in [0.4, 0.5) is 0 Å². The molecule has 1 heterocycles. The molecule has 0 amide bonds. The molecule has 2 aliphatic rings. The quantitative estimate of drug-likeness (QED) is 0.321. The molecule has 2 atom stereocenters. The molecule has 0 spiro atoms. The van der Waals surface area contributed by atoms with E-state index < -0.39 is 0 Å². The fourth-order valence-corrected chi connectivity index (χ4v) is 3.25. The van der Waals surface area contributed by atoms with Gasteiger partial charge in [-0.05, 0) is 53.2 Å². The summed E-state index contributed by atoms with van der Waals surface area (Å²) in [6, 6.07) is 0.408. The highest BCUT2D eigenvalue weighted by molar-refractivity contribution is 5.86. The highest BCUT2D eigenvalue weighted by Crippen LogP contribution is 2.23. The standard InChI is InChI=1S/C18H30N2O.C3H7N.C3H6.C2H2/c1-5-9-14(4)18-17(13(2)3)19-16(20-18)12-21-15-10-7-6-8-11-15;1-3-4-2;1-3-2;1-2/h9,15,17-18H,2,5-8,10-12H2,1,3-4H3,(H,19,20);3H,1-2H3;3H,1H2,2H3;1-2H/b14-9+;;;/t17-,18+;;;/m1.../s1. The zero-order valence-electron chi connectivity index (χ0n) is 20.3. The number of nitrogens with zero attached hydrogens (tertiary/aromatic N) is 2. The Labute approximate surface area is 186 Å². The van der Waals surface area contributed by atoms with Crippen molar-refractivity contribution in [3.8, 4) is 12.8 Å². The molecule has 4 heteroatoms. The van der Waals surface area contributed by atoms with Gasteiger partial charge in [0.05, 0.1) is 18.2 Å². The number of rotatable bonds is 6. The van der Waals surface area contributed by atoms with E-state index in [-0.39, 0.29) is 12.1 Å². The highest BCUT2D eigenvalue weighted by Gasteiger charge is 2.30. The SMILES string of the molecule is C#C.C=C(C)[C@H]1NC(COC2CCCCC2)=N[C@H]1/C(C)=C/CC.C=CC.CC=NC. The van der Waals surface area contributed by atoms with Gasteiger partial charge in [-0.25, -0.2) is 0 Å². The maximum atomic E-state index is 6.04. The fraction of sp³-hybridized carbons (Fsp3) is 0.615. The first-order valence-electron chi connectivity index (χ1n) is 11.0. The molecule has 1 saturated carbocycles. The van der Waals surface area contributed by atoms with Crippen LogP contribution in [-0.4, -0.2) is 43.9 Å². The third-order valence-corrected chi connectivity index (χ3v) is 4.72. The summed E-state index contributed by atoms with van der Waals surface area (Å²) >= 11 is 0. The molecule has 30 heavy (non-hydrogen) atoms. The predicted molar refractivity (Wildman–Crippen MR) is 136 cm³/mol. The number of aliphatic imine (C=N–C) groups is 2. The third kappa shape index (κ3) is 13.2. The second-order valence-electron chi connectivity index (χ2n) is 7.34. The molecule has 0 radical (unpaired) electrons. The van der Waals surface area contributed by atoms with Crippen molar-refractivity contribution in [2.24, 2.45) is 9.98 Å². The van der Waals surface area contributed by atoms with E-state index in [1.54, 1.807) is 19.3 Å². The van der Waals surface area contributed by atoms with Crippen LogP contribution in [0.2, 0.25) is 0 Å². The largest absolute Gasteiger partial charge is 0.370 e. The van der Waals surface area contributed by atoms with Crippen LogP contribution in [0.1, 0.15) is 73.1 Å². The molecular formula is C26H45N3O. The fourth-order valence-electron chi connectivity index (χ4n) is 3.25. The van der Waals surface area contributed by atoms with Gasteiger partial charge in [-0.1, -0.05) is 56.1 Å². The van der Waals surface area contributed by atoms with Crippen molar-refractivity contribution >= 4 is 12.1 Å². The summed E-state index contributed by atoms with van der Waals surface area (Å²) in [5.74, 6) is 0.988. The number of hydrogen-bond acceptors (Lipinski definition) is 4. The second kappa shape index (κ2) is 20.2. The minimum Gasteiger partial charge on any atom is -0.370 e. The lowest BCUT2D eigenvalue weighted by Crippen LogP contribution is -2.37. The van der Waals surface area contributed by atoms with Gasteiger partial charge in [0.1, 0.15) is 12.4 Å². The smallest absolute Gasteiger partial charge is 0.124 e. The molecule has 1 aliphatic carbocycles. The summed E-state index contributed by atoms with van der Waals surface area (Å²) in [4.78, 5) is 8.46. The summed E-state index contributed by atoms with van der Waals surface area (Å²) < 4.78 is 6.04. The Balaban J connectivity index is 0. The Morgan fingerprint density at radius 3 is 2.20 bits per heavy atom. The number of terminal acetylenes is 1. The van der Waals surface area contributed by atoms with Crippen molar-refractivity contribution in [2.45, 2.75) is 91.3 Å². The monoisotopic (exact) mass is 415 g/mol. The van der Waals surface area contributed by atoms with Crippen LogP contribution in [0.25, 0.3) is 0 Å². The first-order valence-corrected chi connectivity index (χ1v) is 11.0. The lowest BCUT2D eigenvalue weighted by atomic mass is 9.97. The summed E-state index contributed by atoms with van der Waals surface area (Å²) in [6.45, 7) is 18.3. The summed E-state index contributed by atoms with van der Waals surface area (Å²) in [6.07, 6.45) is 21.6. The second-order valence-corrected chi connectivity index (χ2v) is 7.34. The molecule has 0 bridgehead atoms. The van der Waals surface area contributed by atoms with Crippen LogP contribution in [0.15, 0.2) is 46.4 Å². The van der Waals surface area contributed by atoms with E-state index in [0.717, 1.165) is 17.8 Å². The Bertz CT molecular complexity index is 562. The zero-order chi connectivity index (χ0) is 23.4. The average Bonchev–Trinajstić information content (AvgIpc) is 3.20. The Morgan fingerprint density at radius 1 is 1.23 bits per heavy atom. The molecule has 2 rings (SSSR count). The average molecular weight is 416 g/mol. The highest BCUT2D eigenvalue weighted by atomic mass is 16.5. The molecule has 170 valence electrons. The molecule has 1 fully saturated rings. The van der Waals surface area contributed by atoms with Gasteiger partial charge in [0.25, 0.3) is 0 Å². The molecule has 0 saturated heterocycles. The molecular weight excluding hydrogens is 370 g/mol. The van der Waals surface area contributed by atoms with Gasteiger partial charge in [-0.2, -0.15) is 0 Å². The van der Waals surface area contributed by atoms with Gasteiger partial charge >= 0.3 is 0 Å². The number of nitrogens with one attached hydrogen (secondary N) is 1. The number of hydrogen-bond donors (Lipinski definition) is 1. The minimum atomic E-state index is 0.187. The van der Waals surface area contributed by atoms with Crippen LogP contribution < -0.4 is 5.32 Å². The van der Waals surface area contributed by atoms with Crippen LogP contribution in [0.5, 0.6) is 0 Å². The van der Waals surface area contributed by atoms with E-state index >= 15 is 0 Å². The van der Waals surface area contributed by atoms with Crippen LogP contribution >= 0.6 is 0 Å².